The zero-order valence-corrected chi connectivity index (χ0v) is 7.06. The molecular formula is C6H10N2O2S. The topological polar surface area (TPSA) is 70.0 Å². The van der Waals surface area contributed by atoms with Crippen molar-refractivity contribution in [2.75, 3.05) is 6.54 Å². The molecule has 11 heavy (non-hydrogen) atoms. The summed E-state index contributed by atoms with van der Waals surface area (Å²) in [5, 5.41) is 9.11. The monoisotopic (exact) mass is 174 g/mol. The first-order valence-corrected chi connectivity index (χ1v) is 4.58. The minimum atomic E-state index is -3.36. The highest BCUT2D eigenvalue weighted by atomic mass is 32.2. The van der Waals surface area contributed by atoms with Gasteiger partial charge in [0.1, 0.15) is 0 Å². The average molecular weight is 174 g/mol. The summed E-state index contributed by atoms with van der Waals surface area (Å²) in [6, 6.07) is 1.90. The summed E-state index contributed by atoms with van der Waals surface area (Å²) >= 11 is 0. The average Bonchev–Trinajstić information content (AvgIpc) is 2.00. The van der Waals surface area contributed by atoms with Crippen molar-refractivity contribution in [3.63, 3.8) is 0 Å². The van der Waals surface area contributed by atoms with Crippen LogP contribution in [0.1, 0.15) is 6.92 Å². The minimum absolute atomic E-state index is 0.130. The second-order valence-electron chi connectivity index (χ2n) is 2.09. The summed E-state index contributed by atoms with van der Waals surface area (Å²) in [4.78, 5) is 0. The molecule has 1 N–H and O–H groups in total. The maximum atomic E-state index is 10.7. The van der Waals surface area contributed by atoms with Crippen molar-refractivity contribution in [2.24, 2.45) is 5.92 Å². The number of hydrogen-bond donors (Lipinski definition) is 1. The van der Waals surface area contributed by atoms with Gasteiger partial charge < -0.3 is 0 Å². The molecule has 0 bridgehead atoms. The summed E-state index contributed by atoms with van der Waals surface area (Å²) in [5.74, 6) is -0.315. The molecule has 0 aliphatic carbocycles. The van der Waals surface area contributed by atoms with E-state index in [-0.39, 0.29) is 12.5 Å². The Bertz CT molecular complexity index is 263. The van der Waals surface area contributed by atoms with Crippen LogP contribution in [0.4, 0.5) is 0 Å². The van der Waals surface area contributed by atoms with Gasteiger partial charge in [0.15, 0.2) is 0 Å². The zero-order chi connectivity index (χ0) is 8.91. The molecule has 0 radical (unpaired) electrons. The van der Waals surface area contributed by atoms with Crippen molar-refractivity contribution in [3.05, 3.63) is 12.0 Å². The van der Waals surface area contributed by atoms with Crippen LogP contribution < -0.4 is 4.72 Å². The second-order valence-corrected chi connectivity index (χ2v) is 3.80. The largest absolute Gasteiger partial charge is 0.233 e. The summed E-state index contributed by atoms with van der Waals surface area (Å²) in [6.07, 6.45) is 0. The molecular weight excluding hydrogens is 164 g/mol. The normalized spacial score (nSPS) is 13.5. The Morgan fingerprint density at radius 3 is 2.73 bits per heavy atom. The molecule has 0 aliphatic heterocycles. The van der Waals surface area contributed by atoms with E-state index in [1.54, 1.807) is 6.92 Å². The van der Waals surface area contributed by atoms with Crippen LogP contribution in [-0.4, -0.2) is 15.0 Å². The fourth-order valence-electron chi connectivity index (χ4n) is 0.346. The minimum Gasteiger partial charge on any atom is -0.210 e. The van der Waals surface area contributed by atoms with Crippen molar-refractivity contribution in [2.45, 2.75) is 6.92 Å². The maximum absolute atomic E-state index is 10.7. The Morgan fingerprint density at radius 2 is 2.36 bits per heavy atom. The molecule has 0 saturated carbocycles. The maximum Gasteiger partial charge on any atom is 0.233 e. The van der Waals surface area contributed by atoms with Gasteiger partial charge in [-0.25, -0.2) is 13.1 Å². The molecule has 1 unspecified atom stereocenters. The van der Waals surface area contributed by atoms with Gasteiger partial charge in [-0.3, -0.25) is 0 Å². The highest BCUT2D eigenvalue weighted by Gasteiger charge is 2.05. The van der Waals surface area contributed by atoms with Crippen molar-refractivity contribution >= 4 is 10.0 Å². The molecule has 0 aromatic rings. The lowest BCUT2D eigenvalue weighted by Gasteiger charge is -2.01. The molecule has 5 heteroatoms. The third kappa shape index (κ3) is 4.53. The lowest BCUT2D eigenvalue weighted by Crippen LogP contribution is -2.25. The van der Waals surface area contributed by atoms with Gasteiger partial charge in [-0.15, -0.1) is 0 Å². The van der Waals surface area contributed by atoms with Gasteiger partial charge >= 0.3 is 0 Å². The van der Waals surface area contributed by atoms with E-state index < -0.39 is 10.0 Å². The summed E-state index contributed by atoms with van der Waals surface area (Å²) < 4.78 is 23.6. The van der Waals surface area contributed by atoms with Crippen LogP contribution in [0.15, 0.2) is 12.0 Å². The van der Waals surface area contributed by atoms with Crippen LogP contribution in [0.25, 0.3) is 0 Å². The molecule has 0 amide bonds. The van der Waals surface area contributed by atoms with E-state index in [1.807, 2.05) is 6.07 Å². The third-order valence-electron chi connectivity index (χ3n) is 1.03. The molecule has 0 saturated heterocycles. The first-order chi connectivity index (χ1) is 5.02. The first kappa shape index (κ1) is 10.1. The van der Waals surface area contributed by atoms with Gasteiger partial charge in [0.05, 0.1) is 12.0 Å². The number of rotatable bonds is 4. The number of hydrogen-bond acceptors (Lipinski definition) is 3. The Hall–Kier alpha value is -0.860. The highest BCUT2D eigenvalue weighted by Crippen LogP contribution is 1.90. The fourth-order valence-corrected chi connectivity index (χ4v) is 0.946. The molecule has 0 aromatic heterocycles. The molecule has 0 aromatic carbocycles. The van der Waals surface area contributed by atoms with Gasteiger partial charge in [0.2, 0.25) is 10.0 Å². The van der Waals surface area contributed by atoms with E-state index in [4.69, 9.17) is 5.26 Å². The van der Waals surface area contributed by atoms with Gasteiger partial charge in [-0.2, -0.15) is 5.26 Å². The Morgan fingerprint density at radius 1 is 1.82 bits per heavy atom. The van der Waals surface area contributed by atoms with Gasteiger partial charge in [-0.1, -0.05) is 6.58 Å². The van der Waals surface area contributed by atoms with E-state index in [0.29, 0.717) is 0 Å². The van der Waals surface area contributed by atoms with E-state index in [2.05, 4.69) is 11.3 Å². The number of nitriles is 1. The van der Waals surface area contributed by atoms with Crippen molar-refractivity contribution in [1.82, 2.24) is 4.72 Å². The van der Waals surface area contributed by atoms with Crippen LogP contribution in [0.5, 0.6) is 0 Å². The molecule has 62 valence electrons. The van der Waals surface area contributed by atoms with E-state index in [0.717, 1.165) is 5.41 Å². The number of nitrogens with one attached hydrogen (secondary N) is 1. The standard InChI is InChI=1S/C6H10N2O2S/c1-3-11(9,10)8-5-6(2)4-7/h3,6,8H,1,5H2,2H3. The lowest BCUT2D eigenvalue weighted by molar-refractivity contribution is 0.582. The third-order valence-corrected chi connectivity index (χ3v) is 2.04. The van der Waals surface area contributed by atoms with Crippen LogP contribution in [0, 0.1) is 17.2 Å². The summed E-state index contributed by atoms with van der Waals surface area (Å²) in [5.41, 5.74) is 0. The van der Waals surface area contributed by atoms with Crippen molar-refractivity contribution < 1.29 is 8.42 Å². The van der Waals surface area contributed by atoms with Gasteiger partial charge in [-0.05, 0) is 6.92 Å². The van der Waals surface area contributed by atoms with Crippen molar-refractivity contribution in [3.8, 4) is 6.07 Å². The van der Waals surface area contributed by atoms with Crippen LogP contribution in [0.3, 0.4) is 0 Å². The number of nitrogens with zero attached hydrogens (tertiary/aromatic N) is 1. The molecule has 0 aliphatic rings. The molecule has 1 atom stereocenters. The zero-order valence-electron chi connectivity index (χ0n) is 6.24. The molecule has 4 nitrogen and oxygen atoms in total. The fraction of sp³-hybridized carbons (Fsp3) is 0.500. The number of sulfonamides is 1. The SMILES string of the molecule is C=CS(=O)(=O)NCC(C)C#N. The molecule has 0 heterocycles. The van der Waals surface area contributed by atoms with E-state index >= 15 is 0 Å². The predicted octanol–water partition coefficient (Wildman–Crippen LogP) is 0.209. The molecule has 0 rings (SSSR count). The Kier molecular flexibility index (Phi) is 3.79. The summed E-state index contributed by atoms with van der Waals surface area (Å²) in [6.45, 7) is 4.86. The lowest BCUT2D eigenvalue weighted by atomic mass is 10.2. The van der Waals surface area contributed by atoms with E-state index in [1.165, 1.54) is 0 Å². The Labute approximate surface area is 66.6 Å². The van der Waals surface area contributed by atoms with E-state index in [9.17, 15) is 8.42 Å². The Balaban J connectivity index is 3.92. The van der Waals surface area contributed by atoms with Gasteiger partial charge in [0.25, 0.3) is 0 Å². The quantitative estimate of drug-likeness (QED) is 0.662. The second kappa shape index (κ2) is 4.11. The highest BCUT2D eigenvalue weighted by molar-refractivity contribution is 7.92. The van der Waals surface area contributed by atoms with Crippen LogP contribution in [-0.2, 0) is 10.0 Å². The van der Waals surface area contributed by atoms with Crippen molar-refractivity contribution in [1.29, 1.82) is 5.26 Å². The van der Waals surface area contributed by atoms with Crippen LogP contribution in [0.2, 0.25) is 0 Å². The predicted molar refractivity (Wildman–Crippen MR) is 41.9 cm³/mol. The summed E-state index contributed by atoms with van der Waals surface area (Å²) in [7, 11) is -3.36. The smallest absolute Gasteiger partial charge is 0.210 e. The molecule has 0 spiro atoms. The molecule has 0 fully saturated rings. The van der Waals surface area contributed by atoms with Crippen LogP contribution >= 0.6 is 0 Å². The first-order valence-electron chi connectivity index (χ1n) is 3.03. The van der Waals surface area contributed by atoms with Gasteiger partial charge in [0, 0.05) is 12.0 Å².